The molecule has 1 aromatic carbocycles. The highest BCUT2D eigenvalue weighted by atomic mass is 32.1. The summed E-state index contributed by atoms with van der Waals surface area (Å²) in [6.45, 7) is 1.87. The molecule has 6 heteroatoms. The van der Waals surface area contributed by atoms with Gasteiger partial charge < -0.3 is 4.98 Å². The molecule has 18 heavy (non-hydrogen) atoms. The molecule has 0 aliphatic rings. The van der Waals surface area contributed by atoms with Crippen molar-refractivity contribution in [1.29, 1.82) is 0 Å². The lowest BCUT2D eigenvalue weighted by Crippen LogP contribution is -2.11. The standard InChI is InChI=1S/C12H9F3N2S/c1-7-3-2-4-8(5-7)9-6-10(18)17-11(16-9)12(13,14)15/h2-6H,1H3,(H,16,17,18). The fraction of sp³-hybridized carbons (Fsp3) is 0.167. The number of aromatic nitrogens is 2. The summed E-state index contributed by atoms with van der Waals surface area (Å²) in [5, 5.41) is 0. The lowest BCUT2D eigenvalue weighted by molar-refractivity contribution is -0.144. The van der Waals surface area contributed by atoms with Gasteiger partial charge in [0.25, 0.3) is 0 Å². The quantitative estimate of drug-likeness (QED) is 0.789. The molecule has 2 rings (SSSR count). The van der Waals surface area contributed by atoms with Gasteiger partial charge in [-0.25, -0.2) is 4.98 Å². The van der Waals surface area contributed by atoms with Gasteiger partial charge in [-0.1, -0.05) is 36.0 Å². The van der Waals surface area contributed by atoms with E-state index in [1.807, 2.05) is 13.0 Å². The van der Waals surface area contributed by atoms with Crippen LogP contribution >= 0.6 is 12.2 Å². The van der Waals surface area contributed by atoms with Gasteiger partial charge >= 0.3 is 6.18 Å². The fourth-order valence-electron chi connectivity index (χ4n) is 1.56. The first-order valence-electron chi connectivity index (χ1n) is 5.12. The van der Waals surface area contributed by atoms with Crippen LogP contribution in [0.5, 0.6) is 0 Å². The van der Waals surface area contributed by atoms with Crippen LogP contribution in [0, 0.1) is 11.6 Å². The highest BCUT2D eigenvalue weighted by Crippen LogP contribution is 2.28. The van der Waals surface area contributed by atoms with Crippen LogP contribution in [0.4, 0.5) is 13.2 Å². The zero-order valence-corrected chi connectivity index (χ0v) is 10.2. The van der Waals surface area contributed by atoms with Gasteiger partial charge in [0.2, 0.25) is 5.82 Å². The van der Waals surface area contributed by atoms with E-state index in [1.54, 1.807) is 18.2 Å². The number of hydrogen-bond acceptors (Lipinski definition) is 2. The van der Waals surface area contributed by atoms with E-state index in [0.29, 0.717) is 11.3 Å². The molecule has 2 nitrogen and oxygen atoms in total. The Morgan fingerprint density at radius 1 is 1.22 bits per heavy atom. The van der Waals surface area contributed by atoms with Gasteiger partial charge in [0.15, 0.2) is 0 Å². The summed E-state index contributed by atoms with van der Waals surface area (Å²) in [4.78, 5) is 5.55. The highest BCUT2D eigenvalue weighted by Gasteiger charge is 2.34. The molecule has 1 aromatic heterocycles. The number of halogens is 3. The molecular weight excluding hydrogens is 261 g/mol. The van der Waals surface area contributed by atoms with E-state index in [1.165, 1.54) is 6.07 Å². The van der Waals surface area contributed by atoms with Crippen LogP contribution in [-0.4, -0.2) is 9.97 Å². The van der Waals surface area contributed by atoms with Crippen LogP contribution < -0.4 is 0 Å². The van der Waals surface area contributed by atoms with Crippen LogP contribution in [0.25, 0.3) is 11.3 Å². The number of nitrogens with one attached hydrogen (secondary N) is 1. The third-order valence-corrected chi connectivity index (χ3v) is 2.55. The van der Waals surface area contributed by atoms with Crippen LogP contribution in [-0.2, 0) is 6.18 Å². The fourth-order valence-corrected chi connectivity index (χ4v) is 1.77. The number of rotatable bonds is 1. The van der Waals surface area contributed by atoms with Gasteiger partial charge in [0.1, 0.15) is 4.64 Å². The predicted octanol–water partition coefficient (Wildman–Crippen LogP) is 4.13. The molecule has 0 amide bonds. The van der Waals surface area contributed by atoms with E-state index in [2.05, 4.69) is 9.97 Å². The number of aromatic amines is 1. The van der Waals surface area contributed by atoms with E-state index >= 15 is 0 Å². The number of H-pyrrole nitrogens is 1. The van der Waals surface area contributed by atoms with Crippen molar-refractivity contribution in [2.45, 2.75) is 13.1 Å². The van der Waals surface area contributed by atoms with E-state index in [4.69, 9.17) is 12.2 Å². The molecule has 1 heterocycles. The molecule has 0 saturated heterocycles. The van der Waals surface area contributed by atoms with Gasteiger partial charge in [0, 0.05) is 5.69 Å². The van der Waals surface area contributed by atoms with Crippen molar-refractivity contribution in [2.24, 2.45) is 0 Å². The summed E-state index contributed by atoms with van der Waals surface area (Å²) in [7, 11) is 0. The molecule has 1 N–H and O–H groups in total. The Balaban J connectivity index is 2.59. The topological polar surface area (TPSA) is 28.7 Å². The molecule has 0 aliphatic heterocycles. The minimum atomic E-state index is -4.53. The van der Waals surface area contributed by atoms with Crippen molar-refractivity contribution >= 4 is 12.2 Å². The molecule has 0 unspecified atom stereocenters. The molecule has 0 spiro atoms. The maximum Gasteiger partial charge on any atom is 0.449 e. The Kier molecular flexibility index (Phi) is 3.21. The average molecular weight is 270 g/mol. The van der Waals surface area contributed by atoms with Crippen molar-refractivity contribution in [1.82, 2.24) is 9.97 Å². The van der Waals surface area contributed by atoms with E-state index in [-0.39, 0.29) is 4.64 Å². The smallest absolute Gasteiger partial charge is 0.336 e. The Hall–Kier alpha value is -1.69. The van der Waals surface area contributed by atoms with Crippen LogP contribution in [0.3, 0.4) is 0 Å². The zero-order valence-electron chi connectivity index (χ0n) is 9.38. The summed E-state index contributed by atoms with van der Waals surface area (Å²) in [5.74, 6) is -1.08. The molecule has 94 valence electrons. The maximum absolute atomic E-state index is 12.6. The summed E-state index contributed by atoms with van der Waals surface area (Å²) in [6, 6.07) is 8.55. The Bertz CT molecular complexity index is 632. The van der Waals surface area contributed by atoms with Gasteiger partial charge in [-0.15, -0.1) is 0 Å². The highest BCUT2D eigenvalue weighted by molar-refractivity contribution is 7.71. The van der Waals surface area contributed by atoms with Crippen molar-refractivity contribution in [3.63, 3.8) is 0 Å². The van der Waals surface area contributed by atoms with E-state index < -0.39 is 12.0 Å². The molecule has 0 saturated carbocycles. The summed E-state index contributed by atoms with van der Waals surface area (Å²) >= 11 is 4.76. The predicted molar refractivity (Wildman–Crippen MR) is 64.6 cm³/mol. The van der Waals surface area contributed by atoms with E-state index in [9.17, 15) is 13.2 Å². The first kappa shape index (κ1) is 12.8. The van der Waals surface area contributed by atoms with Crippen molar-refractivity contribution < 1.29 is 13.2 Å². The van der Waals surface area contributed by atoms with Crippen molar-refractivity contribution in [2.75, 3.05) is 0 Å². The number of hydrogen-bond donors (Lipinski definition) is 1. The second kappa shape index (κ2) is 4.53. The zero-order chi connectivity index (χ0) is 13.3. The van der Waals surface area contributed by atoms with Crippen LogP contribution in [0.15, 0.2) is 30.3 Å². The summed E-state index contributed by atoms with van der Waals surface area (Å²) < 4.78 is 37.7. The number of alkyl halides is 3. The van der Waals surface area contributed by atoms with Gasteiger partial charge in [-0.3, -0.25) is 0 Å². The minimum Gasteiger partial charge on any atom is -0.336 e. The third-order valence-electron chi connectivity index (χ3n) is 2.34. The normalized spacial score (nSPS) is 11.6. The van der Waals surface area contributed by atoms with Crippen LogP contribution in [0.2, 0.25) is 0 Å². The Labute approximate surface area is 107 Å². The van der Waals surface area contributed by atoms with Gasteiger partial charge in [0.05, 0.1) is 0 Å². The number of aryl methyl sites for hydroxylation is 1. The molecule has 0 bridgehead atoms. The first-order chi connectivity index (χ1) is 8.36. The monoisotopic (exact) mass is 270 g/mol. The maximum atomic E-state index is 12.6. The van der Waals surface area contributed by atoms with Gasteiger partial charge in [-0.05, 0) is 24.6 Å². The molecule has 0 aliphatic carbocycles. The lowest BCUT2D eigenvalue weighted by atomic mass is 10.1. The Morgan fingerprint density at radius 2 is 1.94 bits per heavy atom. The molecule has 0 radical (unpaired) electrons. The average Bonchev–Trinajstić information content (AvgIpc) is 2.27. The molecule has 0 fully saturated rings. The van der Waals surface area contributed by atoms with Crippen molar-refractivity contribution in [3.8, 4) is 11.3 Å². The van der Waals surface area contributed by atoms with E-state index in [0.717, 1.165) is 5.56 Å². The Morgan fingerprint density at radius 3 is 2.56 bits per heavy atom. The largest absolute Gasteiger partial charge is 0.449 e. The number of nitrogens with zero attached hydrogens (tertiary/aromatic N) is 1. The number of benzene rings is 1. The summed E-state index contributed by atoms with van der Waals surface area (Å²) in [6.07, 6.45) is -4.53. The molecule has 0 atom stereocenters. The first-order valence-corrected chi connectivity index (χ1v) is 5.53. The lowest BCUT2D eigenvalue weighted by Gasteiger charge is -2.09. The van der Waals surface area contributed by atoms with Gasteiger partial charge in [-0.2, -0.15) is 13.2 Å². The minimum absolute atomic E-state index is 0.0856. The van der Waals surface area contributed by atoms with Crippen molar-refractivity contribution in [3.05, 3.63) is 46.4 Å². The molecule has 2 aromatic rings. The third kappa shape index (κ3) is 2.76. The second-order valence-electron chi connectivity index (χ2n) is 3.85. The second-order valence-corrected chi connectivity index (χ2v) is 4.27. The SMILES string of the molecule is Cc1cccc(-c2cc(=S)nc(C(F)(F)F)[nH]2)c1. The van der Waals surface area contributed by atoms with Crippen LogP contribution in [0.1, 0.15) is 11.4 Å². The molecular formula is C12H9F3N2S. The summed E-state index contributed by atoms with van der Waals surface area (Å²) in [5.41, 5.74) is 1.91.